The summed E-state index contributed by atoms with van der Waals surface area (Å²) in [5.41, 5.74) is 0. The lowest BCUT2D eigenvalue weighted by molar-refractivity contribution is -0.140. The van der Waals surface area contributed by atoms with Gasteiger partial charge in [0.05, 0.1) is 20.1 Å². The van der Waals surface area contributed by atoms with Crippen molar-refractivity contribution in [3.63, 3.8) is 0 Å². The number of hydrogen-bond donors (Lipinski definition) is 0. The highest BCUT2D eigenvalue weighted by Gasteiger charge is 2.16. The van der Waals surface area contributed by atoms with E-state index < -0.39 is 0 Å². The molecule has 0 radical (unpaired) electrons. The van der Waals surface area contributed by atoms with Gasteiger partial charge in [0.2, 0.25) is 0 Å². The third kappa shape index (κ3) is 5.14. The quantitative estimate of drug-likeness (QED) is 0.639. The molecule has 15 heavy (non-hydrogen) atoms. The number of ether oxygens (including phenoxy) is 2. The molecule has 0 aromatic carbocycles. The van der Waals surface area contributed by atoms with Crippen LogP contribution in [0.5, 0.6) is 0 Å². The molecule has 0 spiro atoms. The molecule has 0 saturated carbocycles. The van der Waals surface area contributed by atoms with Crippen LogP contribution in [0, 0.1) is 5.92 Å². The van der Waals surface area contributed by atoms with Crippen molar-refractivity contribution < 1.29 is 14.3 Å². The molecule has 0 N–H and O–H groups in total. The molecule has 1 aliphatic heterocycles. The van der Waals surface area contributed by atoms with E-state index in [1.54, 1.807) is 0 Å². The van der Waals surface area contributed by atoms with Crippen LogP contribution < -0.4 is 0 Å². The van der Waals surface area contributed by atoms with Crippen molar-refractivity contribution in [2.45, 2.75) is 19.3 Å². The molecule has 1 heterocycles. The molecule has 1 rings (SSSR count). The minimum absolute atomic E-state index is 0.137. The summed E-state index contributed by atoms with van der Waals surface area (Å²) in [6.45, 7) is 3.55. The number of carbonyl (C=O) groups is 1. The number of nitrogens with zero attached hydrogens (tertiary/aromatic N) is 1. The summed E-state index contributed by atoms with van der Waals surface area (Å²) in [5.74, 6) is 0.489. The van der Waals surface area contributed by atoms with E-state index in [4.69, 9.17) is 4.74 Å². The molecule has 1 aliphatic rings. The Morgan fingerprint density at radius 3 is 3.00 bits per heavy atom. The largest absolute Gasteiger partial charge is 0.469 e. The second kappa shape index (κ2) is 6.80. The summed E-state index contributed by atoms with van der Waals surface area (Å²) in [7, 11) is 3.47. The number of carbonyl (C=O) groups excluding carboxylic acids is 1. The van der Waals surface area contributed by atoms with E-state index in [9.17, 15) is 4.79 Å². The first-order valence-corrected chi connectivity index (χ1v) is 5.55. The fourth-order valence-electron chi connectivity index (χ4n) is 1.87. The van der Waals surface area contributed by atoms with Crippen molar-refractivity contribution in [2.24, 2.45) is 5.92 Å². The van der Waals surface area contributed by atoms with Crippen molar-refractivity contribution in [2.75, 3.05) is 40.5 Å². The Balaban J connectivity index is 2.11. The fraction of sp³-hybridized carbons (Fsp3) is 0.909. The van der Waals surface area contributed by atoms with Crippen molar-refractivity contribution in [3.05, 3.63) is 0 Å². The Bertz CT molecular complexity index is 190. The topological polar surface area (TPSA) is 38.8 Å². The molecule has 0 amide bonds. The highest BCUT2D eigenvalue weighted by atomic mass is 16.5. The lowest BCUT2D eigenvalue weighted by Gasteiger charge is -2.26. The second-order valence-corrected chi connectivity index (χ2v) is 4.17. The van der Waals surface area contributed by atoms with Gasteiger partial charge >= 0.3 is 5.97 Å². The molecule has 0 aromatic rings. The van der Waals surface area contributed by atoms with Gasteiger partial charge in [-0.25, -0.2) is 0 Å². The standard InChI is InChI=1S/C11H21NO3/c1-12(6-5-11(13)14-2)8-10-4-3-7-15-9-10/h10H,3-9H2,1-2H3. The van der Waals surface area contributed by atoms with Crippen LogP contribution in [0.25, 0.3) is 0 Å². The number of rotatable bonds is 5. The van der Waals surface area contributed by atoms with E-state index in [-0.39, 0.29) is 5.97 Å². The summed E-state index contributed by atoms with van der Waals surface area (Å²) >= 11 is 0. The van der Waals surface area contributed by atoms with Crippen LogP contribution in [-0.2, 0) is 14.3 Å². The Hall–Kier alpha value is -0.610. The third-order valence-corrected chi connectivity index (χ3v) is 2.75. The minimum Gasteiger partial charge on any atom is -0.469 e. The zero-order valence-electron chi connectivity index (χ0n) is 9.70. The maximum absolute atomic E-state index is 10.9. The molecule has 1 saturated heterocycles. The van der Waals surface area contributed by atoms with Gasteiger partial charge in [0.1, 0.15) is 0 Å². The monoisotopic (exact) mass is 215 g/mol. The smallest absolute Gasteiger partial charge is 0.306 e. The van der Waals surface area contributed by atoms with Gasteiger partial charge in [0, 0.05) is 19.7 Å². The lowest BCUT2D eigenvalue weighted by Crippen LogP contribution is -2.32. The van der Waals surface area contributed by atoms with Gasteiger partial charge in [-0.1, -0.05) is 0 Å². The molecule has 88 valence electrons. The van der Waals surface area contributed by atoms with Crippen LogP contribution in [0.15, 0.2) is 0 Å². The van der Waals surface area contributed by atoms with Crippen LogP contribution in [-0.4, -0.2) is 51.3 Å². The summed E-state index contributed by atoms with van der Waals surface area (Å²) < 4.78 is 10.0. The summed E-state index contributed by atoms with van der Waals surface area (Å²) in [6, 6.07) is 0. The van der Waals surface area contributed by atoms with Gasteiger partial charge in [-0.05, 0) is 25.8 Å². The molecule has 0 bridgehead atoms. The van der Waals surface area contributed by atoms with Crippen molar-refractivity contribution in [1.29, 1.82) is 0 Å². The SMILES string of the molecule is COC(=O)CCN(C)CC1CCCOC1. The Morgan fingerprint density at radius 1 is 1.60 bits per heavy atom. The van der Waals surface area contributed by atoms with Gasteiger partial charge < -0.3 is 14.4 Å². The van der Waals surface area contributed by atoms with Gasteiger partial charge in [-0.2, -0.15) is 0 Å². The highest BCUT2D eigenvalue weighted by Crippen LogP contribution is 2.14. The van der Waals surface area contributed by atoms with Crippen LogP contribution in [0.3, 0.4) is 0 Å². The predicted octanol–water partition coefficient (Wildman–Crippen LogP) is 0.908. The maximum Gasteiger partial charge on any atom is 0.306 e. The third-order valence-electron chi connectivity index (χ3n) is 2.75. The molecule has 1 atom stereocenters. The molecule has 0 aliphatic carbocycles. The van der Waals surface area contributed by atoms with Crippen LogP contribution >= 0.6 is 0 Å². The fourth-order valence-corrected chi connectivity index (χ4v) is 1.87. The first kappa shape index (κ1) is 12.5. The van der Waals surface area contributed by atoms with Gasteiger partial charge in [-0.3, -0.25) is 4.79 Å². The summed E-state index contributed by atoms with van der Waals surface area (Å²) in [4.78, 5) is 13.1. The lowest BCUT2D eigenvalue weighted by atomic mass is 10.0. The van der Waals surface area contributed by atoms with Crippen molar-refractivity contribution >= 4 is 5.97 Å². The highest BCUT2D eigenvalue weighted by molar-refractivity contribution is 5.69. The summed E-state index contributed by atoms with van der Waals surface area (Å²) in [5, 5.41) is 0. The zero-order valence-corrected chi connectivity index (χ0v) is 9.70. The molecular weight excluding hydrogens is 194 g/mol. The molecule has 1 unspecified atom stereocenters. The van der Waals surface area contributed by atoms with Crippen LogP contribution in [0.4, 0.5) is 0 Å². The Morgan fingerprint density at radius 2 is 2.40 bits per heavy atom. The van der Waals surface area contributed by atoms with Crippen LogP contribution in [0.1, 0.15) is 19.3 Å². The van der Waals surface area contributed by atoms with Gasteiger partial charge in [0.25, 0.3) is 0 Å². The van der Waals surface area contributed by atoms with E-state index in [0.29, 0.717) is 12.3 Å². The first-order valence-electron chi connectivity index (χ1n) is 5.55. The number of methoxy groups -OCH3 is 1. The zero-order chi connectivity index (χ0) is 11.1. The first-order chi connectivity index (χ1) is 7.22. The number of hydrogen-bond acceptors (Lipinski definition) is 4. The van der Waals surface area contributed by atoms with E-state index in [0.717, 1.165) is 32.7 Å². The molecule has 4 heteroatoms. The van der Waals surface area contributed by atoms with Crippen molar-refractivity contribution in [1.82, 2.24) is 4.90 Å². The maximum atomic E-state index is 10.9. The average molecular weight is 215 g/mol. The van der Waals surface area contributed by atoms with Crippen LogP contribution in [0.2, 0.25) is 0 Å². The van der Waals surface area contributed by atoms with E-state index in [2.05, 4.69) is 9.64 Å². The Kier molecular flexibility index (Phi) is 5.65. The van der Waals surface area contributed by atoms with Gasteiger partial charge in [0.15, 0.2) is 0 Å². The minimum atomic E-state index is -0.137. The molecule has 1 fully saturated rings. The normalized spacial score (nSPS) is 21.7. The van der Waals surface area contributed by atoms with Crippen molar-refractivity contribution in [3.8, 4) is 0 Å². The average Bonchev–Trinajstić information content (AvgIpc) is 2.27. The molecule has 0 aromatic heterocycles. The Labute approximate surface area is 91.5 Å². The predicted molar refractivity (Wildman–Crippen MR) is 57.7 cm³/mol. The van der Waals surface area contributed by atoms with E-state index in [1.807, 2.05) is 7.05 Å². The van der Waals surface area contributed by atoms with E-state index >= 15 is 0 Å². The molecule has 4 nitrogen and oxygen atoms in total. The summed E-state index contributed by atoms with van der Waals surface area (Å²) in [6.07, 6.45) is 2.87. The number of esters is 1. The van der Waals surface area contributed by atoms with E-state index in [1.165, 1.54) is 13.5 Å². The second-order valence-electron chi connectivity index (χ2n) is 4.17. The van der Waals surface area contributed by atoms with Gasteiger partial charge in [-0.15, -0.1) is 0 Å². The molecular formula is C11H21NO3.